The summed E-state index contributed by atoms with van der Waals surface area (Å²) in [6, 6.07) is 0. The predicted octanol–water partition coefficient (Wildman–Crippen LogP) is 0.826. The summed E-state index contributed by atoms with van der Waals surface area (Å²) in [4.78, 5) is 0. The van der Waals surface area contributed by atoms with Gasteiger partial charge in [0.05, 0.1) is 0 Å². The third kappa shape index (κ3) is 2.93. The van der Waals surface area contributed by atoms with Gasteiger partial charge < -0.3 is 9.31 Å². The zero-order chi connectivity index (χ0) is 13.5. The van der Waals surface area contributed by atoms with E-state index in [0.717, 1.165) is 7.11 Å². The van der Waals surface area contributed by atoms with Crippen molar-refractivity contribution in [2.45, 2.75) is 19.4 Å². The van der Waals surface area contributed by atoms with E-state index in [4.69, 9.17) is 4.65 Å². The van der Waals surface area contributed by atoms with Gasteiger partial charge in [-0.3, -0.25) is 0 Å². The quantitative estimate of drug-likeness (QED) is 0.700. The highest BCUT2D eigenvalue weighted by atomic mass is 32.2. The van der Waals surface area contributed by atoms with Gasteiger partial charge in [-0.1, -0.05) is 13.8 Å². The summed E-state index contributed by atoms with van der Waals surface area (Å²) in [6.45, 7) is 3.03. The molecule has 5 nitrogen and oxygen atoms in total. The highest BCUT2D eigenvalue weighted by Crippen LogP contribution is 2.33. The second-order valence-electron chi connectivity index (χ2n) is 4.51. The molecule has 0 saturated carbocycles. The molecule has 0 aromatic rings. The molecule has 0 atom stereocenters. The second-order valence-corrected chi connectivity index (χ2v) is 6.40. The molecule has 100 valence electrons. The topological polar surface area (TPSA) is 55.8 Å². The summed E-state index contributed by atoms with van der Waals surface area (Å²) in [6.07, 6.45) is 0. The van der Waals surface area contributed by atoms with E-state index in [1.165, 1.54) is 0 Å². The number of sulfonamides is 1. The Balaban J connectivity index is 3.08. The lowest BCUT2D eigenvalue weighted by molar-refractivity contribution is -0.0506. The first-order chi connectivity index (χ1) is 7.51. The van der Waals surface area contributed by atoms with E-state index in [1.54, 1.807) is 13.8 Å². The number of nitrogens with zero attached hydrogens (tertiary/aromatic N) is 1. The maximum Gasteiger partial charge on any atom is 0.571 e. The average molecular weight is 275 g/mol. The van der Waals surface area contributed by atoms with Gasteiger partial charge >= 0.3 is 22.8 Å². The van der Waals surface area contributed by atoms with Gasteiger partial charge in [0.2, 0.25) is 0 Å². The normalized spacial score (nSPS) is 22.8. The first-order valence-corrected chi connectivity index (χ1v) is 6.18. The van der Waals surface area contributed by atoms with E-state index in [9.17, 15) is 21.6 Å². The fourth-order valence-corrected chi connectivity index (χ4v) is 2.60. The van der Waals surface area contributed by atoms with Crippen molar-refractivity contribution in [2.75, 3.05) is 20.3 Å². The van der Waals surface area contributed by atoms with Gasteiger partial charge in [0.15, 0.2) is 0 Å². The average Bonchev–Trinajstić information content (AvgIpc) is 2.14. The van der Waals surface area contributed by atoms with Crippen LogP contribution in [0.25, 0.3) is 0 Å². The Morgan fingerprint density at radius 1 is 1.41 bits per heavy atom. The summed E-state index contributed by atoms with van der Waals surface area (Å²) in [5.41, 5.74) is -6.06. The zero-order valence-corrected chi connectivity index (χ0v) is 10.4. The molecular weight excluding hydrogens is 262 g/mol. The lowest BCUT2D eigenvalue weighted by atomic mass is 9.88. The zero-order valence-electron chi connectivity index (χ0n) is 9.61. The Kier molecular flexibility index (Phi) is 3.83. The highest BCUT2D eigenvalue weighted by molar-refractivity contribution is 7.91. The number of hydrogen-bond acceptors (Lipinski definition) is 4. The number of rotatable bonds is 2. The van der Waals surface area contributed by atoms with Crippen LogP contribution in [-0.2, 0) is 19.3 Å². The minimum absolute atomic E-state index is 0.120. The minimum Gasteiger partial charge on any atom is -0.399 e. The van der Waals surface area contributed by atoms with Crippen LogP contribution in [0.3, 0.4) is 0 Å². The van der Waals surface area contributed by atoms with Gasteiger partial charge in [0.25, 0.3) is 0 Å². The summed E-state index contributed by atoms with van der Waals surface area (Å²) < 4.78 is 69.7. The molecule has 0 amide bonds. The van der Waals surface area contributed by atoms with Crippen LogP contribution >= 0.6 is 0 Å². The maximum absolute atomic E-state index is 12.4. The van der Waals surface area contributed by atoms with Crippen molar-refractivity contribution in [3.8, 4) is 0 Å². The molecule has 0 unspecified atom stereocenters. The standard InChI is InChI=1S/C7H13BF3NO4S/c1-6(2)4-12(8(15-3)16-5-6)17(13,14)7(9,10)11/h4-5H2,1-3H3. The molecule has 1 aliphatic heterocycles. The fourth-order valence-electron chi connectivity index (χ4n) is 1.44. The molecule has 0 N–H and O–H groups in total. The van der Waals surface area contributed by atoms with E-state index in [0.29, 0.717) is 0 Å². The van der Waals surface area contributed by atoms with Crippen LogP contribution < -0.4 is 0 Å². The summed E-state index contributed by atoms with van der Waals surface area (Å²) in [5.74, 6) is 0. The molecule has 10 heteroatoms. The Morgan fingerprint density at radius 2 is 1.94 bits per heavy atom. The molecule has 1 saturated heterocycles. The van der Waals surface area contributed by atoms with E-state index < -0.39 is 28.2 Å². The van der Waals surface area contributed by atoms with Gasteiger partial charge in [0.1, 0.15) is 0 Å². The summed E-state index contributed by atoms with van der Waals surface area (Å²) in [7, 11) is -5.90. The van der Waals surface area contributed by atoms with Gasteiger partial charge in [-0.15, -0.1) is 0 Å². The first kappa shape index (κ1) is 14.7. The van der Waals surface area contributed by atoms with E-state index in [2.05, 4.69) is 4.65 Å². The van der Waals surface area contributed by atoms with Crippen LogP contribution in [-0.4, -0.2) is 45.7 Å². The van der Waals surface area contributed by atoms with Crippen molar-refractivity contribution < 1.29 is 30.9 Å². The molecule has 0 radical (unpaired) electrons. The van der Waals surface area contributed by atoms with Crippen LogP contribution in [0.2, 0.25) is 0 Å². The lowest BCUT2D eigenvalue weighted by Gasteiger charge is -2.39. The Morgan fingerprint density at radius 3 is 2.35 bits per heavy atom. The Labute approximate surface area is 98.1 Å². The molecule has 1 heterocycles. The predicted molar refractivity (Wildman–Crippen MR) is 54.2 cm³/mol. The van der Waals surface area contributed by atoms with Crippen LogP contribution in [0.4, 0.5) is 13.2 Å². The van der Waals surface area contributed by atoms with Gasteiger partial charge in [-0.25, -0.2) is 8.42 Å². The number of halogens is 3. The molecule has 0 bridgehead atoms. The molecule has 0 aliphatic carbocycles. The van der Waals surface area contributed by atoms with Crippen LogP contribution in [0.15, 0.2) is 0 Å². The minimum atomic E-state index is -5.45. The molecule has 17 heavy (non-hydrogen) atoms. The number of hydrogen-bond donors (Lipinski definition) is 0. The van der Waals surface area contributed by atoms with Crippen molar-refractivity contribution in [3.63, 3.8) is 0 Å². The Bertz CT molecular complexity index is 383. The molecule has 1 rings (SSSR count). The first-order valence-electron chi connectivity index (χ1n) is 4.74. The highest BCUT2D eigenvalue weighted by Gasteiger charge is 2.57. The van der Waals surface area contributed by atoms with Crippen molar-refractivity contribution >= 4 is 17.3 Å². The molecular formula is C7H13BF3NO4S. The monoisotopic (exact) mass is 275 g/mol. The van der Waals surface area contributed by atoms with Crippen LogP contribution in [0, 0.1) is 5.41 Å². The van der Waals surface area contributed by atoms with Crippen molar-refractivity contribution in [1.82, 2.24) is 4.22 Å². The SMILES string of the molecule is COB1OCC(C)(C)CN1S(=O)(=O)C(F)(F)F. The maximum atomic E-state index is 12.4. The van der Waals surface area contributed by atoms with E-state index >= 15 is 0 Å². The third-order valence-electron chi connectivity index (χ3n) is 2.24. The summed E-state index contributed by atoms with van der Waals surface area (Å²) >= 11 is 0. The van der Waals surface area contributed by atoms with Gasteiger partial charge in [-0.2, -0.15) is 17.4 Å². The molecule has 0 aromatic heterocycles. The van der Waals surface area contributed by atoms with Crippen molar-refractivity contribution in [2.24, 2.45) is 5.41 Å². The van der Waals surface area contributed by atoms with Gasteiger partial charge in [0, 0.05) is 20.3 Å². The lowest BCUT2D eigenvalue weighted by Crippen LogP contribution is -2.59. The van der Waals surface area contributed by atoms with E-state index in [-0.39, 0.29) is 17.4 Å². The largest absolute Gasteiger partial charge is 0.571 e. The van der Waals surface area contributed by atoms with Crippen LogP contribution in [0.5, 0.6) is 0 Å². The van der Waals surface area contributed by atoms with Crippen molar-refractivity contribution in [1.29, 1.82) is 0 Å². The smallest absolute Gasteiger partial charge is 0.399 e. The molecule has 1 fully saturated rings. The Hall–Kier alpha value is -0.315. The molecule has 1 aliphatic rings. The summed E-state index contributed by atoms with van der Waals surface area (Å²) in [5, 5.41) is 0. The van der Waals surface area contributed by atoms with Gasteiger partial charge in [-0.05, 0) is 5.41 Å². The third-order valence-corrected chi connectivity index (χ3v) is 3.74. The van der Waals surface area contributed by atoms with Crippen LogP contribution in [0.1, 0.15) is 13.8 Å². The molecule has 0 aromatic carbocycles. The van der Waals surface area contributed by atoms with E-state index in [1.807, 2.05) is 0 Å². The van der Waals surface area contributed by atoms with Crippen molar-refractivity contribution in [3.05, 3.63) is 0 Å². The molecule has 0 spiro atoms. The fraction of sp³-hybridized carbons (Fsp3) is 1.00. The number of alkyl halides is 3. The second kappa shape index (κ2) is 4.41.